The summed E-state index contributed by atoms with van der Waals surface area (Å²) in [6.45, 7) is 0. The second kappa shape index (κ2) is 12.8. The molecule has 0 saturated heterocycles. The standard InChI is InChI=1S/C28H20Cl3N3O4S/c1-37-25-15-17(7-11-23(25)33-27(36)20-4-2-3-5-21(20)30)32-28(39)34-26(35)13-9-18-8-12-24(38-18)19-10-6-16(29)14-22(19)31/h2-15H,1H3,(H,33,36)(H2,32,34,35,39)/b13-9+. The molecular formula is C28H20Cl3N3O4S. The molecule has 0 atom stereocenters. The maximum absolute atomic E-state index is 12.6. The van der Waals surface area contributed by atoms with E-state index in [-0.39, 0.29) is 11.0 Å². The molecule has 1 heterocycles. The lowest BCUT2D eigenvalue weighted by atomic mass is 10.2. The topological polar surface area (TPSA) is 92.6 Å². The SMILES string of the molecule is COc1cc(NC(=S)NC(=O)/C=C/c2ccc(-c3ccc(Cl)cc3Cl)o2)ccc1NC(=O)c1ccccc1Cl. The van der Waals surface area contributed by atoms with Crippen molar-refractivity contribution in [2.45, 2.75) is 0 Å². The van der Waals surface area contributed by atoms with Gasteiger partial charge in [0.25, 0.3) is 5.91 Å². The molecule has 4 aromatic rings. The summed E-state index contributed by atoms with van der Waals surface area (Å²) in [5.41, 5.74) is 1.98. The molecule has 198 valence electrons. The normalized spacial score (nSPS) is 10.8. The van der Waals surface area contributed by atoms with Gasteiger partial charge in [-0.15, -0.1) is 0 Å². The molecule has 0 aliphatic heterocycles. The van der Waals surface area contributed by atoms with Crippen LogP contribution in [0.1, 0.15) is 16.1 Å². The lowest BCUT2D eigenvalue weighted by Gasteiger charge is -2.14. The van der Waals surface area contributed by atoms with E-state index in [9.17, 15) is 9.59 Å². The molecule has 1 aromatic heterocycles. The van der Waals surface area contributed by atoms with Crippen LogP contribution in [-0.4, -0.2) is 24.0 Å². The highest BCUT2D eigenvalue weighted by Crippen LogP contribution is 2.32. The van der Waals surface area contributed by atoms with E-state index < -0.39 is 5.91 Å². The van der Waals surface area contributed by atoms with Gasteiger partial charge in [-0.05, 0) is 72.9 Å². The molecule has 7 nitrogen and oxygen atoms in total. The number of rotatable bonds is 7. The van der Waals surface area contributed by atoms with E-state index in [0.717, 1.165) is 0 Å². The molecule has 4 rings (SSSR count). The summed E-state index contributed by atoms with van der Waals surface area (Å²) in [7, 11) is 1.47. The fraction of sp³-hybridized carbons (Fsp3) is 0.0357. The number of carbonyl (C=O) groups is 2. The van der Waals surface area contributed by atoms with Crippen LogP contribution in [0.5, 0.6) is 5.75 Å². The number of ether oxygens (including phenoxy) is 1. The quantitative estimate of drug-likeness (QED) is 0.149. The smallest absolute Gasteiger partial charge is 0.257 e. The first kappa shape index (κ1) is 28.2. The number of methoxy groups -OCH3 is 1. The molecule has 0 aliphatic rings. The molecule has 0 unspecified atom stereocenters. The molecule has 0 fully saturated rings. The molecule has 3 N–H and O–H groups in total. The Morgan fingerprint density at radius 1 is 0.923 bits per heavy atom. The minimum atomic E-state index is -0.467. The predicted molar refractivity (Wildman–Crippen MR) is 160 cm³/mol. The van der Waals surface area contributed by atoms with Gasteiger partial charge >= 0.3 is 0 Å². The first-order valence-corrected chi connectivity index (χ1v) is 12.9. The fourth-order valence-electron chi connectivity index (χ4n) is 3.46. The minimum absolute atomic E-state index is 0.0626. The number of anilines is 2. The minimum Gasteiger partial charge on any atom is -0.494 e. The van der Waals surface area contributed by atoms with Gasteiger partial charge < -0.3 is 19.8 Å². The van der Waals surface area contributed by atoms with Crippen molar-refractivity contribution in [3.63, 3.8) is 0 Å². The lowest BCUT2D eigenvalue weighted by molar-refractivity contribution is -0.115. The van der Waals surface area contributed by atoms with Crippen LogP contribution in [0.2, 0.25) is 15.1 Å². The zero-order valence-corrected chi connectivity index (χ0v) is 23.3. The number of benzene rings is 3. The van der Waals surface area contributed by atoms with Crippen molar-refractivity contribution in [3.8, 4) is 17.1 Å². The van der Waals surface area contributed by atoms with Gasteiger partial charge in [0.15, 0.2) is 5.11 Å². The van der Waals surface area contributed by atoms with Crippen LogP contribution < -0.4 is 20.7 Å². The summed E-state index contributed by atoms with van der Waals surface area (Å²) in [5, 5.41) is 9.60. The van der Waals surface area contributed by atoms with E-state index in [1.807, 2.05) is 0 Å². The predicted octanol–water partition coefficient (Wildman–Crippen LogP) is 7.69. The highest BCUT2D eigenvalue weighted by atomic mass is 35.5. The highest BCUT2D eigenvalue weighted by Gasteiger charge is 2.14. The highest BCUT2D eigenvalue weighted by molar-refractivity contribution is 7.80. The summed E-state index contributed by atoms with van der Waals surface area (Å²) >= 11 is 23.5. The number of furan rings is 1. The Bertz CT molecular complexity index is 1590. The monoisotopic (exact) mass is 599 g/mol. The second-order valence-corrected chi connectivity index (χ2v) is 9.61. The zero-order valence-electron chi connectivity index (χ0n) is 20.3. The van der Waals surface area contributed by atoms with Gasteiger partial charge in [0, 0.05) is 28.4 Å². The van der Waals surface area contributed by atoms with Crippen LogP contribution in [0.15, 0.2) is 83.3 Å². The van der Waals surface area contributed by atoms with Crippen LogP contribution in [0, 0.1) is 0 Å². The largest absolute Gasteiger partial charge is 0.494 e. The van der Waals surface area contributed by atoms with Crippen LogP contribution in [0.4, 0.5) is 11.4 Å². The molecular weight excluding hydrogens is 581 g/mol. The van der Waals surface area contributed by atoms with Crippen molar-refractivity contribution >= 4 is 81.4 Å². The van der Waals surface area contributed by atoms with Gasteiger partial charge in [-0.3, -0.25) is 14.9 Å². The molecule has 0 saturated carbocycles. The van der Waals surface area contributed by atoms with Gasteiger partial charge in [-0.25, -0.2) is 0 Å². The van der Waals surface area contributed by atoms with Crippen molar-refractivity contribution in [2.24, 2.45) is 0 Å². The average Bonchev–Trinajstić information content (AvgIpc) is 3.37. The maximum Gasteiger partial charge on any atom is 0.257 e. The Balaban J connectivity index is 1.34. The summed E-state index contributed by atoms with van der Waals surface area (Å²) in [4.78, 5) is 25.0. The van der Waals surface area contributed by atoms with Crippen LogP contribution >= 0.6 is 47.0 Å². The van der Waals surface area contributed by atoms with Gasteiger partial charge in [0.05, 0.1) is 28.4 Å². The zero-order chi connectivity index (χ0) is 27.9. The van der Waals surface area contributed by atoms with E-state index >= 15 is 0 Å². The van der Waals surface area contributed by atoms with Gasteiger partial charge in [-0.2, -0.15) is 0 Å². The number of thiocarbonyl (C=S) groups is 1. The lowest BCUT2D eigenvalue weighted by Crippen LogP contribution is -2.32. The van der Waals surface area contributed by atoms with Crippen LogP contribution in [-0.2, 0) is 4.79 Å². The molecule has 3 aromatic carbocycles. The maximum atomic E-state index is 12.6. The molecule has 0 bridgehead atoms. The van der Waals surface area contributed by atoms with Crippen molar-refractivity contribution in [1.82, 2.24) is 5.32 Å². The van der Waals surface area contributed by atoms with Crippen LogP contribution in [0.25, 0.3) is 17.4 Å². The molecule has 2 amide bonds. The Hall–Kier alpha value is -3.82. The summed E-state index contributed by atoms with van der Waals surface area (Å²) in [6, 6.07) is 20.2. The third-order valence-corrected chi connectivity index (χ3v) is 6.37. The van der Waals surface area contributed by atoms with Crippen molar-refractivity contribution < 1.29 is 18.7 Å². The number of halogens is 3. The van der Waals surface area contributed by atoms with E-state index in [1.165, 1.54) is 19.3 Å². The number of nitrogens with one attached hydrogen (secondary N) is 3. The van der Waals surface area contributed by atoms with E-state index in [1.54, 1.807) is 72.8 Å². The molecule has 0 aliphatic carbocycles. The Labute approximate surface area is 244 Å². The van der Waals surface area contributed by atoms with Crippen molar-refractivity contribution in [2.75, 3.05) is 17.7 Å². The molecule has 11 heteroatoms. The van der Waals surface area contributed by atoms with Crippen LogP contribution in [0.3, 0.4) is 0 Å². The summed E-state index contributed by atoms with van der Waals surface area (Å²) in [6.07, 6.45) is 2.79. The van der Waals surface area contributed by atoms with E-state index in [0.29, 0.717) is 54.8 Å². The first-order chi connectivity index (χ1) is 18.7. The van der Waals surface area contributed by atoms with Gasteiger partial charge in [0.1, 0.15) is 17.3 Å². The molecule has 0 spiro atoms. The Morgan fingerprint density at radius 3 is 2.46 bits per heavy atom. The first-order valence-electron chi connectivity index (χ1n) is 11.3. The van der Waals surface area contributed by atoms with Crippen molar-refractivity contribution in [3.05, 3.63) is 105 Å². The van der Waals surface area contributed by atoms with E-state index in [4.69, 9.17) is 56.2 Å². The van der Waals surface area contributed by atoms with E-state index in [2.05, 4.69) is 16.0 Å². The Kier molecular flexibility index (Phi) is 9.27. The fourth-order valence-corrected chi connectivity index (χ4v) is 4.40. The number of hydrogen-bond acceptors (Lipinski definition) is 5. The average molecular weight is 601 g/mol. The second-order valence-electron chi connectivity index (χ2n) is 7.95. The third-order valence-electron chi connectivity index (χ3n) is 5.29. The Morgan fingerprint density at radius 2 is 1.72 bits per heavy atom. The number of hydrogen-bond donors (Lipinski definition) is 3. The molecule has 39 heavy (non-hydrogen) atoms. The summed E-state index contributed by atoms with van der Waals surface area (Å²) < 4.78 is 11.1. The van der Waals surface area contributed by atoms with Gasteiger partial charge in [0.2, 0.25) is 5.91 Å². The third kappa shape index (κ3) is 7.40. The van der Waals surface area contributed by atoms with Gasteiger partial charge in [-0.1, -0.05) is 46.9 Å². The van der Waals surface area contributed by atoms with Crippen molar-refractivity contribution in [1.29, 1.82) is 0 Å². The number of amides is 2. The summed E-state index contributed by atoms with van der Waals surface area (Å²) in [5.74, 6) is 0.516. The molecule has 0 radical (unpaired) electrons. The number of carbonyl (C=O) groups excluding carboxylic acids is 2.